The zero-order chi connectivity index (χ0) is 13.8. The van der Waals surface area contributed by atoms with Gasteiger partial charge in [0.05, 0.1) is 16.6 Å². The topological polar surface area (TPSA) is 56.1 Å². The van der Waals surface area contributed by atoms with Gasteiger partial charge in [-0.1, -0.05) is 17.7 Å². The Morgan fingerprint density at radius 2 is 2.37 bits per heavy atom. The number of nitrogens with zero attached hydrogens (tertiary/aromatic N) is 2. The minimum absolute atomic E-state index is 0.0627. The summed E-state index contributed by atoms with van der Waals surface area (Å²) in [6.45, 7) is 2.52. The van der Waals surface area contributed by atoms with E-state index < -0.39 is 0 Å². The summed E-state index contributed by atoms with van der Waals surface area (Å²) in [6, 6.07) is 7.26. The van der Waals surface area contributed by atoms with Crippen molar-refractivity contribution < 1.29 is 4.79 Å². The first-order chi connectivity index (χ1) is 9.13. The summed E-state index contributed by atoms with van der Waals surface area (Å²) < 4.78 is 0. The molecule has 98 valence electrons. The van der Waals surface area contributed by atoms with Gasteiger partial charge in [0, 0.05) is 24.9 Å². The molecule has 5 heteroatoms. The number of amides is 1. The summed E-state index contributed by atoms with van der Waals surface area (Å²) in [7, 11) is 0. The van der Waals surface area contributed by atoms with Crippen molar-refractivity contribution in [3.05, 3.63) is 41.1 Å². The van der Waals surface area contributed by atoms with Crippen molar-refractivity contribution in [3.8, 4) is 6.07 Å². The van der Waals surface area contributed by atoms with Gasteiger partial charge >= 0.3 is 0 Å². The second-order valence-corrected chi connectivity index (χ2v) is 4.79. The zero-order valence-electron chi connectivity index (χ0n) is 10.6. The van der Waals surface area contributed by atoms with Crippen LogP contribution in [-0.2, 0) is 4.79 Å². The van der Waals surface area contributed by atoms with Crippen molar-refractivity contribution in [1.29, 1.82) is 5.26 Å². The highest BCUT2D eigenvalue weighted by atomic mass is 35.5. The number of anilines is 1. The highest BCUT2D eigenvalue weighted by Gasteiger charge is 2.27. The van der Waals surface area contributed by atoms with Crippen LogP contribution in [0.5, 0.6) is 0 Å². The molecule has 1 aromatic rings. The molecule has 0 radical (unpaired) electrons. The molecule has 1 amide bonds. The van der Waals surface area contributed by atoms with Crippen LogP contribution in [-0.4, -0.2) is 23.4 Å². The van der Waals surface area contributed by atoms with Crippen LogP contribution < -0.4 is 5.32 Å². The van der Waals surface area contributed by atoms with Crippen molar-refractivity contribution in [2.45, 2.75) is 19.4 Å². The normalized spacial score (nSPS) is 18.9. The van der Waals surface area contributed by atoms with E-state index in [0.717, 1.165) is 5.69 Å². The lowest BCUT2D eigenvalue weighted by Gasteiger charge is -2.14. The standard InChI is InChI=1S/C14H14ClN3O/c1-2-5-18-9-12(7-14(18)19)17-11-4-3-10(8-16)13(15)6-11/h2-6,12,17H,7,9H2,1H3/t12-/m0/s1. The van der Waals surface area contributed by atoms with E-state index in [4.69, 9.17) is 16.9 Å². The molecule has 1 N–H and O–H groups in total. The molecule has 1 aromatic carbocycles. The number of carbonyl (C=O) groups excluding carboxylic acids is 1. The van der Waals surface area contributed by atoms with Gasteiger partial charge in [-0.25, -0.2) is 0 Å². The average Bonchev–Trinajstić information content (AvgIpc) is 2.70. The predicted molar refractivity (Wildman–Crippen MR) is 74.7 cm³/mol. The van der Waals surface area contributed by atoms with E-state index in [1.807, 2.05) is 19.1 Å². The van der Waals surface area contributed by atoms with Gasteiger partial charge in [-0.05, 0) is 25.1 Å². The van der Waals surface area contributed by atoms with Crippen LogP contribution in [0.15, 0.2) is 30.5 Å². The smallest absolute Gasteiger partial charge is 0.228 e. The molecular formula is C14H14ClN3O. The molecule has 1 heterocycles. The van der Waals surface area contributed by atoms with E-state index in [9.17, 15) is 4.79 Å². The lowest BCUT2D eigenvalue weighted by Crippen LogP contribution is -2.23. The number of benzene rings is 1. The molecule has 1 atom stereocenters. The van der Waals surface area contributed by atoms with Crippen LogP contribution in [0.4, 0.5) is 5.69 Å². The van der Waals surface area contributed by atoms with Gasteiger partial charge in [-0.3, -0.25) is 4.79 Å². The fourth-order valence-electron chi connectivity index (χ4n) is 2.08. The predicted octanol–water partition coefficient (Wildman–Crippen LogP) is 2.76. The Morgan fingerprint density at radius 3 is 3.00 bits per heavy atom. The Bertz CT molecular complexity index is 562. The first-order valence-corrected chi connectivity index (χ1v) is 6.40. The molecule has 0 unspecified atom stereocenters. The second-order valence-electron chi connectivity index (χ2n) is 4.38. The van der Waals surface area contributed by atoms with Crippen LogP contribution in [0.2, 0.25) is 5.02 Å². The van der Waals surface area contributed by atoms with Crippen LogP contribution in [0.3, 0.4) is 0 Å². The molecule has 0 aromatic heterocycles. The first-order valence-electron chi connectivity index (χ1n) is 6.02. The number of nitrogens with one attached hydrogen (secondary N) is 1. The molecule has 1 aliphatic rings. The van der Waals surface area contributed by atoms with Crippen molar-refractivity contribution in [1.82, 2.24) is 4.90 Å². The third-order valence-corrected chi connectivity index (χ3v) is 3.26. The van der Waals surface area contributed by atoms with Gasteiger partial charge in [0.15, 0.2) is 0 Å². The zero-order valence-corrected chi connectivity index (χ0v) is 11.3. The fourth-order valence-corrected chi connectivity index (χ4v) is 2.31. The number of carbonyl (C=O) groups is 1. The molecule has 1 aliphatic heterocycles. The van der Waals surface area contributed by atoms with E-state index in [2.05, 4.69) is 5.32 Å². The van der Waals surface area contributed by atoms with Crippen LogP contribution in [0, 0.1) is 11.3 Å². The minimum atomic E-state index is 0.0627. The Morgan fingerprint density at radius 1 is 1.58 bits per heavy atom. The summed E-state index contributed by atoms with van der Waals surface area (Å²) in [5.41, 5.74) is 1.27. The van der Waals surface area contributed by atoms with Crippen LogP contribution in [0.25, 0.3) is 0 Å². The van der Waals surface area contributed by atoms with E-state index in [-0.39, 0.29) is 11.9 Å². The fraction of sp³-hybridized carbons (Fsp3) is 0.286. The molecule has 0 aliphatic carbocycles. The molecule has 0 spiro atoms. The Hall–Kier alpha value is -1.99. The van der Waals surface area contributed by atoms with E-state index in [1.54, 1.807) is 29.3 Å². The van der Waals surface area contributed by atoms with Crippen molar-refractivity contribution >= 4 is 23.2 Å². The van der Waals surface area contributed by atoms with Crippen LogP contribution >= 0.6 is 11.6 Å². The molecule has 19 heavy (non-hydrogen) atoms. The quantitative estimate of drug-likeness (QED) is 0.923. The maximum atomic E-state index is 11.7. The third kappa shape index (κ3) is 3.07. The summed E-state index contributed by atoms with van der Waals surface area (Å²) >= 11 is 5.97. The second kappa shape index (κ2) is 5.77. The Labute approximate surface area is 117 Å². The van der Waals surface area contributed by atoms with Gasteiger partial charge in [0.25, 0.3) is 0 Å². The lowest BCUT2D eigenvalue weighted by molar-refractivity contribution is -0.125. The van der Waals surface area contributed by atoms with Crippen molar-refractivity contribution in [2.24, 2.45) is 0 Å². The number of hydrogen-bond acceptors (Lipinski definition) is 3. The summed E-state index contributed by atoms with van der Waals surface area (Å²) in [6.07, 6.45) is 4.09. The van der Waals surface area contributed by atoms with Gasteiger partial charge in [-0.2, -0.15) is 5.26 Å². The highest BCUT2D eigenvalue weighted by Crippen LogP contribution is 2.23. The molecule has 4 nitrogen and oxygen atoms in total. The molecule has 2 rings (SSSR count). The number of likely N-dealkylation sites (tertiary alicyclic amines) is 1. The number of halogens is 1. The molecule has 0 saturated carbocycles. The van der Waals surface area contributed by atoms with E-state index >= 15 is 0 Å². The molecule has 1 saturated heterocycles. The SMILES string of the molecule is CC=CN1C[C@@H](Nc2ccc(C#N)c(Cl)c2)CC1=O. The maximum Gasteiger partial charge on any atom is 0.228 e. The van der Waals surface area contributed by atoms with Gasteiger partial charge in [0.2, 0.25) is 5.91 Å². The first kappa shape index (κ1) is 13.4. The number of hydrogen-bond donors (Lipinski definition) is 1. The lowest BCUT2D eigenvalue weighted by atomic mass is 10.2. The monoisotopic (exact) mass is 275 g/mol. The van der Waals surface area contributed by atoms with Crippen molar-refractivity contribution in [3.63, 3.8) is 0 Å². The minimum Gasteiger partial charge on any atom is -0.380 e. The number of nitriles is 1. The van der Waals surface area contributed by atoms with Gasteiger partial charge < -0.3 is 10.2 Å². The number of allylic oxidation sites excluding steroid dienone is 1. The Balaban J connectivity index is 2.05. The molecular weight excluding hydrogens is 262 g/mol. The number of rotatable bonds is 3. The average molecular weight is 276 g/mol. The van der Waals surface area contributed by atoms with Crippen molar-refractivity contribution in [2.75, 3.05) is 11.9 Å². The van der Waals surface area contributed by atoms with E-state index in [0.29, 0.717) is 23.6 Å². The van der Waals surface area contributed by atoms with Crippen LogP contribution in [0.1, 0.15) is 18.9 Å². The summed E-state index contributed by atoms with van der Waals surface area (Å²) in [5, 5.41) is 12.5. The third-order valence-electron chi connectivity index (χ3n) is 2.95. The Kier molecular flexibility index (Phi) is 4.08. The summed E-state index contributed by atoms with van der Waals surface area (Å²) in [5.74, 6) is 0.107. The summed E-state index contributed by atoms with van der Waals surface area (Å²) in [4.78, 5) is 13.4. The van der Waals surface area contributed by atoms with Gasteiger partial charge in [-0.15, -0.1) is 0 Å². The largest absolute Gasteiger partial charge is 0.380 e. The van der Waals surface area contributed by atoms with E-state index in [1.165, 1.54) is 0 Å². The maximum absolute atomic E-state index is 11.7. The molecule has 1 fully saturated rings. The van der Waals surface area contributed by atoms with Gasteiger partial charge in [0.1, 0.15) is 6.07 Å². The highest BCUT2D eigenvalue weighted by molar-refractivity contribution is 6.32. The molecule has 0 bridgehead atoms.